The van der Waals surface area contributed by atoms with Crippen LogP contribution in [0.4, 0.5) is 0 Å². The van der Waals surface area contributed by atoms with Crippen molar-refractivity contribution in [1.82, 2.24) is 9.97 Å². The number of nitrogens with zero attached hydrogens (tertiary/aromatic N) is 1. The molecule has 0 amide bonds. The summed E-state index contributed by atoms with van der Waals surface area (Å²) in [5, 5.41) is 0. The van der Waals surface area contributed by atoms with Gasteiger partial charge in [-0.15, -0.1) is 11.6 Å². The smallest absolute Gasteiger partial charge is 0.106 e. The van der Waals surface area contributed by atoms with Crippen molar-refractivity contribution in [2.45, 2.75) is 13.3 Å². The van der Waals surface area contributed by atoms with E-state index in [2.05, 4.69) is 16.9 Å². The summed E-state index contributed by atoms with van der Waals surface area (Å²) in [5.41, 5.74) is 0. The lowest BCUT2D eigenvalue weighted by molar-refractivity contribution is 0.632. The molecular formula is C7H11ClN2. The van der Waals surface area contributed by atoms with Crippen molar-refractivity contribution in [2.24, 2.45) is 5.92 Å². The zero-order chi connectivity index (χ0) is 7.40. The molecule has 2 nitrogen and oxygen atoms in total. The van der Waals surface area contributed by atoms with E-state index >= 15 is 0 Å². The highest BCUT2D eigenvalue weighted by Crippen LogP contribution is 2.04. The standard InChI is InChI=1S/C7H11ClN2/c1-6(5-8)4-7-9-2-3-10-7/h2-3,6H,4-5H2,1H3,(H,9,10). The summed E-state index contributed by atoms with van der Waals surface area (Å²) < 4.78 is 0. The van der Waals surface area contributed by atoms with E-state index in [1.807, 2.05) is 6.20 Å². The lowest BCUT2D eigenvalue weighted by Gasteiger charge is -2.02. The Morgan fingerprint density at radius 2 is 2.60 bits per heavy atom. The van der Waals surface area contributed by atoms with Crippen LogP contribution in [0.1, 0.15) is 12.7 Å². The second kappa shape index (κ2) is 3.62. The first-order valence-electron chi connectivity index (χ1n) is 3.37. The number of alkyl halides is 1. The molecule has 1 aromatic rings. The third-order valence-electron chi connectivity index (χ3n) is 1.36. The van der Waals surface area contributed by atoms with Gasteiger partial charge in [-0.25, -0.2) is 4.98 Å². The van der Waals surface area contributed by atoms with Gasteiger partial charge in [-0.1, -0.05) is 6.92 Å². The first-order valence-corrected chi connectivity index (χ1v) is 3.90. The molecule has 1 aromatic heterocycles. The highest BCUT2D eigenvalue weighted by Gasteiger charge is 2.02. The first-order chi connectivity index (χ1) is 4.83. The maximum atomic E-state index is 5.63. The van der Waals surface area contributed by atoms with E-state index < -0.39 is 0 Å². The molecule has 0 saturated carbocycles. The van der Waals surface area contributed by atoms with Crippen molar-refractivity contribution in [2.75, 3.05) is 5.88 Å². The number of imidazole rings is 1. The highest BCUT2D eigenvalue weighted by molar-refractivity contribution is 6.18. The molecule has 0 aromatic carbocycles. The molecule has 1 unspecified atom stereocenters. The second-order valence-corrected chi connectivity index (χ2v) is 2.81. The quantitative estimate of drug-likeness (QED) is 0.669. The maximum Gasteiger partial charge on any atom is 0.106 e. The minimum atomic E-state index is 0.507. The second-order valence-electron chi connectivity index (χ2n) is 2.50. The van der Waals surface area contributed by atoms with Gasteiger partial charge in [0.15, 0.2) is 0 Å². The average Bonchev–Trinajstić information content (AvgIpc) is 2.40. The molecular weight excluding hydrogens is 148 g/mol. The summed E-state index contributed by atoms with van der Waals surface area (Å²) in [5.74, 6) is 2.22. The SMILES string of the molecule is CC(CCl)Cc1ncc[nH]1. The molecule has 1 heterocycles. The number of aromatic amines is 1. The zero-order valence-electron chi connectivity index (χ0n) is 5.97. The zero-order valence-corrected chi connectivity index (χ0v) is 6.73. The van der Waals surface area contributed by atoms with Gasteiger partial charge in [-0.05, 0) is 5.92 Å². The molecule has 1 rings (SSSR count). The fourth-order valence-electron chi connectivity index (χ4n) is 0.794. The summed E-state index contributed by atoms with van der Waals surface area (Å²) in [7, 11) is 0. The minimum Gasteiger partial charge on any atom is -0.349 e. The Kier molecular flexibility index (Phi) is 2.75. The Hall–Kier alpha value is -0.500. The van der Waals surface area contributed by atoms with Crippen molar-refractivity contribution < 1.29 is 0 Å². The Labute approximate surface area is 65.6 Å². The number of hydrogen-bond donors (Lipinski definition) is 1. The fourth-order valence-corrected chi connectivity index (χ4v) is 0.903. The van der Waals surface area contributed by atoms with Crippen LogP contribution in [0.3, 0.4) is 0 Å². The van der Waals surface area contributed by atoms with Crippen molar-refractivity contribution in [3.05, 3.63) is 18.2 Å². The van der Waals surface area contributed by atoms with Crippen LogP contribution in [0.15, 0.2) is 12.4 Å². The first kappa shape index (κ1) is 7.61. The van der Waals surface area contributed by atoms with Crippen LogP contribution in [0.2, 0.25) is 0 Å². The number of nitrogens with one attached hydrogen (secondary N) is 1. The molecule has 0 fully saturated rings. The predicted molar refractivity (Wildman–Crippen MR) is 42.2 cm³/mol. The molecule has 1 atom stereocenters. The Balaban J connectivity index is 2.40. The van der Waals surface area contributed by atoms with Gasteiger partial charge in [0.05, 0.1) is 0 Å². The third kappa shape index (κ3) is 2.03. The molecule has 10 heavy (non-hydrogen) atoms. The van der Waals surface area contributed by atoms with Crippen LogP contribution in [0, 0.1) is 5.92 Å². The summed E-state index contributed by atoms with van der Waals surface area (Å²) in [6, 6.07) is 0. The summed E-state index contributed by atoms with van der Waals surface area (Å²) in [6.07, 6.45) is 4.53. The molecule has 3 heteroatoms. The van der Waals surface area contributed by atoms with Gasteiger partial charge in [0, 0.05) is 24.7 Å². The predicted octanol–water partition coefficient (Wildman–Crippen LogP) is 1.83. The van der Waals surface area contributed by atoms with E-state index in [-0.39, 0.29) is 0 Å². The summed E-state index contributed by atoms with van der Waals surface area (Å²) in [4.78, 5) is 7.12. The van der Waals surface area contributed by atoms with E-state index in [1.54, 1.807) is 6.20 Å². The monoisotopic (exact) mass is 158 g/mol. The normalized spacial score (nSPS) is 13.4. The van der Waals surface area contributed by atoms with Gasteiger partial charge in [0.1, 0.15) is 5.82 Å². The fraction of sp³-hybridized carbons (Fsp3) is 0.571. The van der Waals surface area contributed by atoms with E-state index in [0.717, 1.165) is 12.2 Å². The maximum absolute atomic E-state index is 5.63. The molecule has 0 aliphatic carbocycles. The highest BCUT2D eigenvalue weighted by atomic mass is 35.5. The van der Waals surface area contributed by atoms with Gasteiger partial charge in [-0.2, -0.15) is 0 Å². The van der Waals surface area contributed by atoms with Crippen LogP contribution < -0.4 is 0 Å². The lowest BCUT2D eigenvalue weighted by atomic mass is 10.1. The molecule has 0 bridgehead atoms. The van der Waals surface area contributed by atoms with Crippen LogP contribution >= 0.6 is 11.6 Å². The topological polar surface area (TPSA) is 28.7 Å². The van der Waals surface area contributed by atoms with Crippen LogP contribution in [-0.2, 0) is 6.42 Å². The van der Waals surface area contributed by atoms with E-state index in [4.69, 9.17) is 11.6 Å². The van der Waals surface area contributed by atoms with Gasteiger partial charge in [-0.3, -0.25) is 0 Å². The number of rotatable bonds is 3. The van der Waals surface area contributed by atoms with E-state index in [1.165, 1.54) is 0 Å². The Morgan fingerprint density at radius 3 is 3.10 bits per heavy atom. The summed E-state index contributed by atoms with van der Waals surface area (Å²) >= 11 is 5.63. The molecule has 0 aliphatic heterocycles. The van der Waals surface area contributed by atoms with Crippen LogP contribution in [0.25, 0.3) is 0 Å². The number of hydrogen-bond acceptors (Lipinski definition) is 1. The van der Waals surface area contributed by atoms with Gasteiger partial charge in [0.2, 0.25) is 0 Å². The molecule has 0 saturated heterocycles. The molecule has 1 N–H and O–H groups in total. The largest absolute Gasteiger partial charge is 0.349 e. The number of H-pyrrole nitrogens is 1. The Bertz CT molecular complexity index is 172. The van der Waals surface area contributed by atoms with Crippen LogP contribution in [0.5, 0.6) is 0 Å². The van der Waals surface area contributed by atoms with E-state index in [9.17, 15) is 0 Å². The van der Waals surface area contributed by atoms with E-state index in [0.29, 0.717) is 11.8 Å². The molecule has 0 spiro atoms. The lowest BCUT2D eigenvalue weighted by Crippen LogP contribution is -2.02. The van der Waals surface area contributed by atoms with Gasteiger partial charge in [0.25, 0.3) is 0 Å². The van der Waals surface area contributed by atoms with Crippen molar-refractivity contribution in [3.63, 3.8) is 0 Å². The number of halogens is 1. The molecule has 0 aliphatic rings. The van der Waals surface area contributed by atoms with Crippen molar-refractivity contribution >= 4 is 11.6 Å². The van der Waals surface area contributed by atoms with Gasteiger partial charge >= 0.3 is 0 Å². The third-order valence-corrected chi connectivity index (χ3v) is 1.89. The van der Waals surface area contributed by atoms with Crippen molar-refractivity contribution in [1.29, 1.82) is 0 Å². The molecule has 56 valence electrons. The molecule has 0 radical (unpaired) electrons. The Morgan fingerprint density at radius 1 is 1.80 bits per heavy atom. The average molecular weight is 159 g/mol. The van der Waals surface area contributed by atoms with Crippen molar-refractivity contribution in [3.8, 4) is 0 Å². The van der Waals surface area contributed by atoms with Gasteiger partial charge < -0.3 is 4.98 Å². The minimum absolute atomic E-state index is 0.507. The summed E-state index contributed by atoms with van der Waals surface area (Å²) in [6.45, 7) is 2.11. The van der Waals surface area contributed by atoms with Crippen LogP contribution in [-0.4, -0.2) is 15.8 Å². The number of aromatic nitrogens is 2.